The summed E-state index contributed by atoms with van der Waals surface area (Å²) in [6.07, 6.45) is 0. The fraction of sp³-hybridized carbons (Fsp3) is 0.0769. The molecule has 0 bridgehead atoms. The van der Waals surface area contributed by atoms with Gasteiger partial charge in [0.15, 0.2) is 0 Å². The van der Waals surface area contributed by atoms with Gasteiger partial charge in [-0.25, -0.2) is 4.79 Å². The summed E-state index contributed by atoms with van der Waals surface area (Å²) in [7, 11) is 1.24. The molecule has 92 valence electrons. The van der Waals surface area contributed by atoms with Crippen LogP contribution in [0.1, 0.15) is 10.4 Å². The van der Waals surface area contributed by atoms with Crippen LogP contribution in [0.5, 0.6) is 0 Å². The summed E-state index contributed by atoms with van der Waals surface area (Å²) < 4.78 is 5.47. The van der Waals surface area contributed by atoms with Crippen molar-refractivity contribution in [1.29, 1.82) is 0 Å². The molecule has 0 amide bonds. The largest absolute Gasteiger partial charge is 0.465 e. The van der Waals surface area contributed by atoms with Crippen LogP contribution in [0.3, 0.4) is 0 Å². The van der Waals surface area contributed by atoms with Gasteiger partial charge in [0.1, 0.15) is 5.56 Å². The lowest BCUT2D eigenvalue weighted by Gasteiger charge is -2.03. The minimum atomic E-state index is -0.640. The van der Waals surface area contributed by atoms with Crippen LogP contribution in [0.25, 0.3) is 11.3 Å². The van der Waals surface area contributed by atoms with Crippen LogP contribution in [0.15, 0.2) is 45.7 Å². The first kappa shape index (κ1) is 12.6. The molecule has 0 spiro atoms. The molecule has 1 aromatic carbocycles. The van der Waals surface area contributed by atoms with E-state index in [4.69, 9.17) is 0 Å². The highest BCUT2D eigenvalue weighted by Gasteiger charge is 2.11. The number of aromatic amines is 1. The Bertz CT molecular complexity index is 631. The minimum absolute atomic E-state index is 0.00152. The second-order valence-corrected chi connectivity index (χ2v) is 4.53. The Balaban J connectivity index is 2.43. The van der Waals surface area contributed by atoms with E-state index in [1.807, 2.05) is 24.3 Å². The number of hydrogen-bond donors (Lipinski definition) is 1. The number of carbonyl (C=O) groups excluding carboxylic acids is 1. The highest BCUT2D eigenvalue weighted by atomic mass is 79.9. The van der Waals surface area contributed by atoms with Crippen LogP contribution < -0.4 is 5.56 Å². The van der Waals surface area contributed by atoms with E-state index in [1.165, 1.54) is 13.2 Å². The van der Waals surface area contributed by atoms with Crippen LogP contribution in [0.4, 0.5) is 0 Å². The normalized spacial score (nSPS) is 10.1. The molecular weight excluding hydrogens is 298 g/mol. The zero-order valence-corrected chi connectivity index (χ0v) is 11.2. The van der Waals surface area contributed by atoms with Gasteiger partial charge >= 0.3 is 5.97 Å². The Morgan fingerprint density at radius 3 is 2.39 bits per heavy atom. The molecule has 2 rings (SSSR count). The standard InChI is InChI=1S/C13H10BrNO3/c1-18-13(17)10-6-7-11(15-12(10)16)8-2-4-9(14)5-3-8/h2-7H,1H3,(H,15,16). The van der Waals surface area contributed by atoms with Gasteiger partial charge in [-0.15, -0.1) is 0 Å². The molecule has 5 heteroatoms. The van der Waals surface area contributed by atoms with Crippen molar-refractivity contribution in [3.8, 4) is 11.3 Å². The molecule has 0 aliphatic carbocycles. The zero-order chi connectivity index (χ0) is 13.1. The van der Waals surface area contributed by atoms with Crippen molar-refractivity contribution in [2.45, 2.75) is 0 Å². The van der Waals surface area contributed by atoms with E-state index in [2.05, 4.69) is 25.7 Å². The Morgan fingerprint density at radius 2 is 1.83 bits per heavy atom. The fourth-order valence-electron chi connectivity index (χ4n) is 1.54. The molecule has 0 saturated heterocycles. The van der Waals surface area contributed by atoms with Crippen LogP contribution in [-0.2, 0) is 4.74 Å². The third kappa shape index (κ3) is 2.51. The number of hydrogen-bond acceptors (Lipinski definition) is 3. The maximum Gasteiger partial charge on any atom is 0.343 e. The van der Waals surface area contributed by atoms with Crippen molar-refractivity contribution in [2.24, 2.45) is 0 Å². The maximum absolute atomic E-state index is 11.7. The molecule has 1 N–H and O–H groups in total. The molecule has 0 atom stereocenters. The summed E-state index contributed by atoms with van der Waals surface area (Å²) in [4.78, 5) is 25.6. The van der Waals surface area contributed by atoms with Crippen molar-refractivity contribution in [2.75, 3.05) is 7.11 Å². The first-order valence-electron chi connectivity index (χ1n) is 5.19. The second-order valence-electron chi connectivity index (χ2n) is 3.61. The number of benzene rings is 1. The molecule has 0 fully saturated rings. The van der Waals surface area contributed by atoms with Gasteiger partial charge in [-0.3, -0.25) is 4.79 Å². The number of rotatable bonds is 2. The molecule has 4 nitrogen and oxygen atoms in total. The zero-order valence-electron chi connectivity index (χ0n) is 9.57. The van der Waals surface area contributed by atoms with Gasteiger partial charge in [0.2, 0.25) is 0 Å². The number of halogens is 1. The number of esters is 1. The first-order chi connectivity index (χ1) is 8.61. The number of pyridine rings is 1. The van der Waals surface area contributed by atoms with Crippen LogP contribution in [0, 0.1) is 0 Å². The molecule has 0 radical (unpaired) electrons. The third-order valence-corrected chi connectivity index (χ3v) is 3.00. The summed E-state index contributed by atoms with van der Waals surface area (Å²) in [5, 5.41) is 0. The summed E-state index contributed by atoms with van der Waals surface area (Å²) in [5.74, 6) is -0.640. The number of nitrogens with one attached hydrogen (secondary N) is 1. The summed E-state index contributed by atoms with van der Waals surface area (Å²) in [6.45, 7) is 0. The fourth-order valence-corrected chi connectivity index (χ4v) is 1.81. The van der Waals surface area contributed by atoms with Gasteiger partial charge < -0.3 is 9.72 Å². The van der Waals surface area contributed by atoms with Gasteiger partial charge in [0.25, 0.3) is 5.56 Å². The number of H-pyrrole nitrogens is 1. The van der Waals surface area contributed by atoms with Crippen molar-refractivity contribution in [3.05, 3.63) is 56.8 Å². The van der Waals surface area contributed by atoms with Crippen molar-refractivity contribution in [1.82, 2.24) is 4.98 Å². The predicted octanol–water partition coefficient (Wildman–Crippen LogP) is 2.59. The predicted molar refractivity (Wildman–Crippen MR) is 71.5 cm³/mol. The smallest absolute Gasteiger partial charge is 0.343 e. The van der Waals surface area contributed by atoms with Gasteiger partial charge in [-0.1, -0.05) is 28.1 Å². The lowest BCUT2D eigenvalue weighted by Crippen LogP contribution is -2.18. The van der Waals surface area contributed by atoms with Gasteiger partial charge in [-0.05, 0) is 29.8 Å². The minimum Gasteiger partial charge on any atom is -0.465 e. The second kappa shape index (κ2) is 5.18. The lowest BCUT2D eigenvalue weighted by molar-refractivity contribution is 0.0598. The van der Waals surface area contributed by atoms with Crippen molar-refractivity contribution >= 4 is 21.9 Å². The van der Waals surface area contributed by atoms with Gasteiger partial charge in [0, 0.05) is 10.2 Å². The van der Waals surface area contributed by atoms with E-state index in [1.54, 1.807) is 6.07 Å². The van der Waals surface area contributed by atoms with E-state index in [0.717, 1.165) is 10.0 Å². The molecule has 0 aliphatic heterocycles. The highest BCUT2D eigenvalue weighted by molar-refractivity contribution is 9.10. The van der Waals surface area contributed by atoms with E-state index in [-0.39, 0.29) is 5.56 Å². The summed E-state index contributed by atoms with van der Waals surface area (Å²) >= 11 is 3.34. The van der Waals surface area contributed by atoms with Gasteiger partial charge in [-0.2, -0.15) is 0 Å². The Kier molecular flexibility index (Phi) is 3.62. The quantitative estimate of drug-likeness (QED) is 0.868. The van der Waals surface area contributed by atoms with E-state index in [0.29, 0.717) is 5.69 Å². The van der Waals surface area contributed by atoms with Gasteiger partial charge in [0.05, 0.1) is 7.11 Å². The molecule has 1 heterocycles. The topological polar surface area (TPSA) is 59.2 Å². The van der Waals surface area contributed by atoms with E-state index in [9.17, 15) is 9.59 Å². The SMILES string of the molecule is COC(=O)c1ccc(-c2ccc(Br)cc2)[nH]c1=O. The molecule has 0 saturated carbocycles. The average molecular weight is 308 g/mol. The highest BCUT2D eigenvalue weighted by Crippen LogP contribution is 2.19. The van der Waals surface area contributed by atoms with Crippen LogP contribution in [-0.4, -0.2) is 18.1 Å². The monoisotopic (exact) mass is 307 g/mol. The Labute approximate surface area is 112 Å². The van der Waals surface area contributed by atoms with Crippen molar-refractivity contribution < 1.29 is 9.53 Å². The molecule has 2 aromatic rings. The molecule has 1 aromatic heterocycles. The Hall–Kier alpha value is -1.88. The maximum atomic E-state index is 11.7. The van der Waals surface area contributed by atoms with E-state index >= 15 is 0 Å². The lowest BCUT2D eigenvalue weighted by atomic mass is 10.1. The number of ether oxygens (including phenoxy) is 1. The molecule has 18 heavy (non-hydrogen) atoms. The number of methoxy groups -OCH3 is 1. The summed E-state index contributed by atoms with van der Waals surface area (Å²) in [6, 6.07) is 10.6. The number of aromatic nitrogens is 1. The number of carbonyl (C=O) groups is 1. The van der Waals surface area contributed by atoms with Crippen LogP contribution >= 0.6 is 15.9 Å². The van der Waals surface area contributed by atoms with Crippen molar-refractivity contribution in [3.63, 3.8) is 0 Å². The summed E-state index contributed by atoms with van der Waals surface area (Å²) in [5.41, 5.74) is 1.06. The molecule has 0 unspecified atom stereocenters. The Morgan fingerprint density at radius 1 is 1.17 bits per heavy atom. The average Bonchev–Trinajstić information content (AvgIpc) is 2.38. The molecular formula is C13H10BrNO3. The van der Waals surface area contributed by atoms with Crippen LogP contribution in [0.2, 0.25) is 0 Å². The van der Waals surface area contributed by atoms with E-state index < -0.39 is 11.5 Å². The molecule has 0 aliphatic rings. The third-order valence-electron chi connectivity index (χ3n) is 2.47. The first-order valence-corrected chi connectivity index (χ1v) is 5.98.